The Balaban J connectivity index is 0.00000147. The maximum absolute atomic E-state index is 12.7. The van der Waals surface area contributed by atoms with E-state index < -0.39 is 0 Å². The van der Waals surface area contributed by atoms with Crippen molar-refractivity contribution in [2.75, 3.05) is 24.5 Å². The number of halogens is 1. The van der Waals surface area contributed by atoms with Gasteiger partial charge in [0.2, 0.25) is 5.91 Å². The van der Waals surface area contributed by atoms with Crippen LogP contribution in [0.2, 0.25) is 0 Å². The first-order valence-electron chi connectivity index (χ1n) is 7.42. The largest absolute Gasteiger partial charge is 0.316 e. The van der Waals surface area contributed by atoms with Gasteiger partial charge in [0.05, 0.1) is 5.92 Å². The van der Waals surface area contributed by atoms with Gasteiger partial charge in [0.25, 0.3) is 0 Å². The third-order valence-corrected chi connectivity index (χ3v) is 4.41. The minimum absolute atomic E-state index is 0. The summed E-state index contributed by atoms with van der Waals surface area (Å²) < 4.78 is 0. The zero-order chi connectivity index (χ0) is 13.1. The third-order valence-electron chi connectivity index (χ3n) is 4.41. The van der Waals surface area contributed by atoms with Gasteiger partial charge in [-0.2, -0.15) is 0 Å². The van der Waals surface area contributed by atoms with Crippen molar-refractivity contribution in [3.8, 4) is 0 Å². The number of carbonyl (C=O) groups is 1. The molecule has 0 radical (unpaired) electrons. The number of amides is 1. The summed E-state index contributed by atoms with van der Waals surface area (Å²) in [5, 5.41) is 3.29. The third kappa shape index (κ3) is 3.33. The average Bonchev–Trinajstić information content (AvgIpc) is 2.92. The minimum atomic E-state index is 0. The van der Waals surface area contributed by atoms with Gasteiger partial charge in [0, 0.05) is 18.8 Å². The Kier molecular flexibility index (Phi) is 5.44. The van der Waals surface area contributed by atoms with Crippen LogP contribution in [0.3, 0.4) is 0 Å². The van der Waals surface area contributed by atoms with E-state index in [-0.39, 0.29) is 18.3 Å². The van der Waals surface area contributed by atoms with Gasteiger partial charge in [-0.1, -0.05) is 24.6 Å². The van der Waals surface area contributed by atoms with Gasteiger partial charge in [0.1, 0.15) is 0 Å². The second-order valence-electron chi connectivity index (χ2n) is 5.77. The summed E-state index contributed by atoms with van der Waals surface area (Å²) in [6, 6.07) is 10.1. The van der Waals surface area contributed by atoms with Crippen LogP contribution < -0.4 is 10.2 Å². The van der Waals surface area contributed by atoms with Gasteiger partial charge in [0.15, 0.2) is 0 Å². The lowest BCUT2D eigenvalue weighted by atomic mass is 9.84. The molecule has 1 aromatic carbocycles. The fraction of sp³-hybridized carbons (Fsp3) is 0.562. The summed E-state index contributed by atoms with van der Waals surface area (Å²) in [6.45, 7) is 2.72. The highest BCUT2D eigenvalue weighted by atomic mass is 35.5. The lowest BCUT2D eigenvalue weighted by Gasteiger charge is -2.33. The highest BCUT2D eigenvalue weighted by Crippen LogP contribution is 2.30. The second-order valence-corrected chi connectivity index (χ2v) is 5.77. The van der Waals surface area contributed by atoms with Crippen LogP contribution in [0.1, 0.15) is 25.7 Å². The summed E-state index contributed by atoms with van der Waals surface area (Å²) >= 11 is 0. The minimum Gasteiger partial charge on any atom is -0.316 e. The number of anilines is 1. The summed E-state index contributed by atoms with van der Waals surface area (Å²) in [5.41, 5.74) is 1.06. The molecule has 2 aliphatic rings. The van der Waals surface area contributed by atoms with Gasteiger partial charge in [-0.25, -0.2) is 0 Å². The SMILES string of the molecule is Cl.O=C(C1CCNC1)N(CC1CCC1)c1ccccc1. The number of para-hydroxylation sites is 1. The average molecular weight is 295 g/mol. The maximum atomic E-state index is 12.7. The zero-order valence-electron chi connectivity index (χ0n) is 11.8. The van der Waals surface area contributed by atoms with Crippen molar-refractivity contribution in [2.24, 2.45) is 11.8 Å². The molecule has 1 aliphatic carbocycles. The topological polar surface area (TPSA) is 32.3 Å². The Labute approximate surface area is 127 Å². The predicted molar refractivity (Wildman–Crippen MR) is 84.4 cm³/mol. The molecule has 1 aromatic rings. The van der Waals surface area contributed by atoms with Crippen molar-refractivity contribution < 1.29 is 4.79 Å². The Morgan fingerprint density at radius 3 is 2.50 bits per heavy atom. The summed E-state index contributed by atoms with van der Waals surface area (Å²) in [5.74, 6) is 1.18. The van der Waals surface area contributed by atoms with Crippen LogP contribution in [0.4, 0.5) is 5.69 Å². The van der Waals surface area contributed by atoms with E-state index in [9.17, 15) is 4.79 Å². The molecule has 1 unspecified atom stereocenters. The van der Waals surface area contributed by atoms with E-state index in [4.69, 9.17) is 0 Å². The molecule has 4 heteroatoms. The van der Waals surface area contributed by atoms with E-state index in [1.807, 2.05) is 23.1 Å². The van der Waals surface area contributed by atoms with Crippen molar-refractivity contribution in [1.29, 1.82) is 0 Å². The molecule has 110 valence electrons. The normalized spacial score (nSPS) is 21.9. The first-order valence-corrected chi connectivity index (χ1v) is 7.42. The molecule has 0 bridgehead atoms. The Morgan fingerprint density at radius 2 is 1.95 bits per heavy atom. The molecule has 0 aromatic heterocycles. The number of hydrogen-bond acceptors (Lipinski definition) is 2. The molecule has 0 spiro atoms. The molecule has 1 N–H and O–H groups in total. The molecule has 1 heterocycles. The lowest BCUT2D eigenvalue weighted by Crippen LogP contribution is -2.41. The van der Waals surface area contributed by atoms with Crippen molar-refractivity contribution in [3.63, 3.8) is 0 Å². The highest BCUT2D eigenvalue weighted by Gasteiger charge is 2.30. The van der Waals surface area contributed by atoms with Gasteiger partial charge in [-0.3, -0.25) is 4.79 Å². The number of hydrogen-bond donors (Lipinski definition) is 1. The number of nitrogens with one attached hydrogen (secondary N) is 1. The van der Waals surface area contributed by atoms with Crippen LogP contribution >= 0.6 is 12.4 Å². The molecule has 1 amide bonds. The molecule has 1 aliphatic heterocycles. The van der Waals surface area contributed by atoms with Gasteiger partial charge in [-0.15, -0.1) is 12.4 Å². The summed E-state index contributed by atoms with van der Waals surface area (Å²) in [7, 11) is 0. The van der Waals surface area contributed by atoms with Crippen molar-refractivity contribution in [2.45, 2.75) is 25.7 Å². The van der Waals surface area contributed by atoms with Crippen LogP contribution in [0, 0.1) is 11.8 Å². The van der Waals surface area contributed by atoms with Gasteiger partial charge >= 0.3 is 0 Å². The zero-order valence-corrected chi connectivity index (χ0v) is 12.6. The van der Waals surface area contributed by atoms with Crippen LogP contribution in [-0.2, 0) is 4.79 Å². The standard InChI is InChI=1S/C16H22N2O.ClH/c19-16(14-9-10-17-11-14)18(12-13-5-4-6-13)15-7-2-1-3-8-15;/h1-3,7-8,13-14,17H,4-6,9-12H2;1H. The molecular formula is C16H23ClN2O. The lowest BCUT2D eigenvalue weighted by molar-refractivity contribution is -0.122. The Bertz CT molecular complexity index is 427. The number of benzene rings is 1. The number of rotatable bonds is 4. The molecule has 3 rings (SSSR count). The first-order chi connectivity index (χ1) is 9.34. The van der Waals surface area contributed by atoms with E-state index in [0.717, 1.165) is 31.7 Å². The van der Waals surface area contributed by atoms with E-state index in [2.05, 4.69) is 17.4 Å². The van der Waals surface area contributed by atoms with E-state index in [1.165, 1.54) is 19.3 Å². The van der Waals surface area contributed by atoms with Crippen molar-refractivity contribution in [1.82, 2.24) is 5.32 Å². The van der Waals surface area contributed by atoms with Crippen LogP contribution in [0.5, 0.6) is 0 Å². The molecule has 1 saturated heterocycles. The molecule has 2 fully saturated rings. The van der Waals surface area contributed by atoms with Crippen LogP contribution in [0.25, 0.3) is 0 Å². The number of nitrogens with zero attached hydrogens (tertiary/aromatic N) is 1. The molecule has 1 atom stereocenters. The molecule has 1 saturated carbocycles. The Morgan fingerprint density at radius 1 is 1.20 bits per heavy atom. The monoisotopic (exact) mass is 294 g/mol. The van der Waals surface area contributed by atoms with Gasteiger partial charge < -0.3 is 10.2 Å². The quantitative estimate of drug-likeness (QED) is 0.926. The summed E-state index contributed by atoms with van der Waals surface area (Å²) in [6.07, 6.45) is 4.86. The molecule has 3 nitrogen and oxygen atoms in total. The summed E-state index contributed by atoms with van der Waals surface area (Å²) in [4.78, 5) is 14.7. The maximum Gasteiger partial charge on any atom is 0.231 e. The molecular weight excluding hydrogens is 272 g/mol. The van der Waals surface area contributed by atoms with E-state index in [1.54, 1.807) is 0 Å². The second kappa shape index (κ2) is 7.09. The molecule has 20 heavy (non-hydrogen) atoms. The van der Waals surface area contributed by atoms with Crippen LogP contribution in [0.15, 0.2) is 30.3 Å². The highest BCUT2D eigenvalue weighted by molar-refractivity contribution is 5.95. The Hall–Kier alpha value is -1.06. The van der Waals surface area contributed by atoms with Crippen molar-refractivity contribution in [3.05, 3.63) is 30.3 Å². The fourth-order valence-corrected chi connectivity index (χ4v) is 2.95. The van der Waals surface area contributed by atoms with Crippen molar-refractivity contribution >= 4 is 24.0 Å². The smallest absolute Gasteiger partial charge is 0.231 e. The van der Waals surface area contributed by atoms with Crippen LogP contribution in [-0.4, -0.2) is 25.5 Å². The fourth-order valence-electron chi connectivity index (χ4n) is 2.95. The van der Waals surface area contributed by atoms with E-state index >= 15 is 0 Å². The number of carbonyl (C=O) groups excluding carboxylic acids is 1. The first kappa shape index (κ1) is 15.3. The van der Waals surface area contributed by atoms with Gasteiger partial charge in [-0.05, 0) is 43.9 Å². The van der Waals surface area contributed by atoms with E-state index in [0.29, 0.717) is 11.8 Å². The predicted octanol–water partition coefficient (Wildman–Crippen LogP) is 2.85.